The summed E-state index contributed by atoms with van der Waals surface area (Å²) < 4.78 is 5.66. The molecule has 0 radical (unpaired) electrons. The zero-order valence-corrected chi connectivity index (χ0v) is 13.1. The van der Waals surface area contributed by atoms with Crippen molar-refractivity contribution in [2.75, 3.05) is 26.2 Å². The Balaban J connectivity index is 1.69. The van der Waals surface area contributed by atoms with Gasteiger partial charge in [0.15, 0.2) is 0 Å². The molecule has 1 aromatic carbocycles. The molecule has 1 saturated heterocycles. The highest BCUT2D eigenvalue weighted by atomic mass is 35.5. The third-order valence-electron chi connectivity index (χ3n) is 4.10. The van der Waals surface area contributed by atoms with Gasteiger partial charge in [-0.15, -0.1) is 0 Å². The number of hydrogen-bond acceptors (Lipinski definition) is 3. The molecule has 0 aliphatic carbocycles. The summed E-state index contributed by atoms with van der Waals surface area (Å²) in [4.78, 5) is 27.7. The quantitative estimate of drug-likeness (QED) is 0.837. The van der Waals surface area contributed by atoms with Crippen LogP contribution in [0.25, 0.3) is 0 Å². The fourth-order valence-corrected chi connectivity index (χ4v) is 3.06. The summed E-state index contributed by atoms with van der Waals surface area (Å²) in [6.45, 7) is 2.28. The summed E-state index contributed by atoms with van der Waals surface area (Å²) in [5.74, 6) is 0.814. The van der Waals surface area contributed by atoms with Gasteiger partial charge in [-0.25, -0.2) is 0 Å². The molecule has 0 N–H and O–H groups in total. The number of benzene rings is 1. The summed E-state index contributed by atoms with van der Waals surface area (Å²) >= 11 is 6.02. The van der Waals surface area contributed by atoms with Crippen molar-refractivity contribution in [3.63, 3.8) is 0 Å². The Labute approximate surface area is 134 Å². The topological polar surface area (TPSA) is 49.9 Å². The average Bonchev–Trinajstić information content (AvgIpc) is 2.71. The number of fused-ring (bicyclic) bond motifs is 1. The van der Waals surface area contributed by atoms with Crippen molar-refractivity contribution in [3.8, 4) is 5.75 Å². The molecular weight excluding hydrogens is 304 g/mol. The van der Waals surface area contributed by atoms with Crippen molar-refractivity contribution in [1.82, 2.24) is 9.80 Å². The molecular formula is C16H19ClN2O3. The van der Waals surface area contributed by atoms with Crippen LogP contribution in [0.15, 0.2) is 18.2 Å². The first-order valence-electron chi connectivity index (χ1n) is 7.60. The molecule has 2 heterocycles. The first kappa shape index (κ1) is 15.2. The number of rotatable bonds is 2. The third kappa shape index (κ3) is 3.35. The van der Waals surface area contributed by atoms with E-state index in [2.05, 4.69) is 0 Å². The van der Waals surface area contributed by atoms with E-state index in [0.717, 1.165) is 24.2 Å². The van der Waals surface area contributed by atoms with Gasteiger partial charge in [-0.2, -0.15) is 0 Å². The summed E-state index contributed by atoms with van der Waals surface area (Å²) in [6.07, 6.45) is 2.45. The summed E-state index contributed by atoms with van der Waals surface area (Å²) in [5, 5.41) is 0.628. The maximum absolute atomic E-state index is 12.5. The molecule has 118 valence electrons. The van der Waals surface area contributed by atoms with Crippen molar-refractivity contribution in [3.05, 3.63) is 28.8 Å². The molecule has 3 rings (SSSR count). The van der Waals surface area contributed by atoms with E-state index in [1.165, 1.54) is 0 Å². The van der Waals surface area contributed by atoms with E-state index in [4.69, 9.17) is 16.3 Å². The minimum Gasteiger partial charge on any atom is -0.491 e. The lowest BCUT2D eigenvalue weighted by Crippen LogP contribution is -2.45. The van der Waals surface area contributed by atoms with Crippen molar-refractivity contribution in [2.24, 2.45) is 0 Å². The van der Waals surface area contributed by atoms with Crippen LogP contribution in [0.1, 0.15) is 24.8 Å². The molecule has 22 heavy (non-hydrogen) atoms. The first-order chi connectivity index (χ1) is 10.6. The van der Waals surface area contributed by atoms with Gasteiger partial charge >= 0.3 is 0 Å². The molecule has 5 nitrogen and oxygen atoms in total. The first-order valence-corrected chi connectivity index (χ1v) is 7.98. The molecule has 0 aromatic heterocycles. The van der Waals surface area contributed by atoms with Gasteiger partial charge in [0.25, 0.3) is 0 Å². The summed E-state index contributed by atoms with van der Waals surface area (Å²) in [7, 11) is 0. The Morgan fingerprint density at radius 1 is 1.27 bits per heavy atom. The highest BCUT2D eigenvalue weighted by molar-refractivity contribution is 6.30. The fraction of sp³-hybridized carbons (Fsp3) is 0.500. The number of hydrogen-bond donors (Lipinski definition) is 0. The summed E-state index contributed by atoms with van der Waals surface area (Å²) in [5.41, 5.74) is 0.906. The largest absolute Gasteiger partial charge is 0.491 e. The van der Waals surface area contributed by atoms with Crippen LogP contribution in [0.5, 0.6) is 5.75 Å². The van der Waals surface area contributed by atoms with E-state index in [-0.39, 0.29) is 18.4 Å². The molecule has 0 spiro atoms. The maximum atomic E-state index is 12.5. The predicted octanol–water partition coefficient (Wildman–Crippen LogP) is 2.07. The molecule has 0 unspecified atom stereocenters. The smallest absolute Gasteiger partial charge is 0.242 e. The van der Waals surface area contributed by atoms with E-state index in [0.29, 0.717) is 37.7 Å². The van der Waals surface area contributed by atoms with E-state index < -0.39 is 0 Å². The van der Waals surface area contributed by atoms with Gasteiger partial charge in [0, 0.05) is 30.1 Å². The van der Waals surface area contributed by atoms with E-state index >= 15 is 0 Å². The Morgan fingerprint density at radius 3 is 2.95 bits per heavy atom. The zero-order valence-electron chi connectivity index (χ0n) is 12.4. The van der Waals surface area contributed by atoms with Crippen LogP contribution in [0.3, 0.4) is 0 Å². The Hall–Kier alpha value is -1.75. The van der Waals surface area contributed by atoms with Gasteiger partial charge in [-0.3, -0.25) is 9.59 Å². The van der Waals surface area contributed by atoms with Crippen molar-refractivity contribution in [1.29, 1.82) is 0 Å². The van der Waals surface area contributed by atoms with Gasteiger partial charge in [-0.1, -0.05) is 11.6 Å². The van der Waals surface area contributed by atoms with E-state index in [1.54, 1.807) is 15.9 Å². The lowest BCUT2D eigenvalue weighted by atomic mass is 10.1. The number of nitrogens with zero attached hydrogens (tertiary/aromatic N) is 2. The second kappa shape index (κ2) is 6.57. The van der Waals surface area contributed by atoms with Gasteiger partial charge in [0.2, 0.25) is 11.8 Å². The highest BCUT2D eigenvalue weighted by Gasteiger charge is 2.25. The van der Waals surface area contributed by atoms with Gasteiger partial charge in [0.1, 0.15) is 12.4 Å². The molecule has 1 aromatic rings. The van der Waals surface area contributed by atoms with Crippen molar-refractivity contribution < 1.29 is 14.3 Å². The molecule has 2 aliphatic rings. The number of ether oxygens (including phenoxy) is 1. The average molecular weight is 323 g/mol. The van der Waals surface area contributed by atoms with E-state index in [9.17, 15) is 9.59 Å². The number of halogens is 1. The molecule has 6 heteroatoms. The lowest BCUT2D eigenvalue weighted by molar-refractivity contribution is -0.142. The normalized spacial score (nSPS) is 18.5. The number of carbonyl (C=O) groups excluding carboxylic acids is 2. The minimum atomic E-state index is -0.0355. The van der Waals surface area contributed by atoms with Gasteiger partial charge in [-0.05, 0) is 31.0 Å². The maximum Gasteiger partial charge on any atom is 0.242 e. The number of piperidine rings is 1. The van der Waals surface area contributed by atoms with Crippen LogP contribution >= 0.6 is 11.6 Å². The highest BCUT2D eigenvalue weighted by Crippen LogP contribution is 2.26. The number of carbonyl (C=O) groups is 2. The fourth-order valence-electron chi connectivity index (χ4n) is 2.87. The van der Waals surface area contributed by atoms with Gasteiger partial charge < -0.3 is 14.5 Å². The van der Waals surface area contributed by atoms with Crippen LogP contribution < -0.4 is 4.74 Å². The van der Waals surface area contributed by atoms with Gasteiger partial charge in [0.05, 0.1) is 13.1 Å². The Bertz CT molecular complexity index is 591. The molecule has 0 atom stereocenters. The Kier molecular flexibility index (Phi) is 4.52. The van der Waals surface area contributed by atoms with Crippen LogP contribution in [-0.4, -0.2) is 47.9 Å². The summed E-state index contributed by atoms with van der Waals surface area (Å²) in [6, 6.07) is 5.44. The minimum absolute atomic E-state index is 0.0355. The van der Waals surface area contributed by atoms with Crippen LogP contribution in [-0.2, 0) is 16.1 Å². The standard InChI is InChI=1S/C16H19ClN2O3/c17-13-4-5-14-12(9-13)10-19(7-8-22-14)16(21)11-18-6-2-1-3-15(18)20/h4-5,9H,1-3,6-8,10-11H2. The molecule has 0 bridgehead atoms. The predicted molar refractivity (Wildman–Crippen MR) is 82.8 cm³/mol. The molecule has 0 saturated carbocycles. The van der Waals surface area contributed by atoms with E-state index in [1.807, 2.05) is 12.1 Å². The van der Waals surface area contributed by atoms with Crippen molar-refractivity contribution >= 4 is 23.4 Å². The zero-order chi connectivity index (χ0) is 15.5. The number of likely N-dealkylation sites (tertiary alicyclic amines) is 1. The number of amides is 2. The second-order valence-corrected chi connectivity index (χ2v) is 6.12. The molecule has 1 fully saturated rings. The SMILES string of the molecule is O=C1CCCCN1CC(=O)N1CCOc2ccc(Cl)cc2C1. The second-order valence-electron chi connectivity index (χ2n) is 5.69. The van der Waals surface area contributed by atoms with Crippen molar-refractivity contribution in [2.45, 2.75) is 25.8 Å². The third-order valence-corrected chi connectivity index (χ3v) is 4.34. The molecule has 2 amide bonds. The monoisotopic (exact) mass is 322 g/mol. The lowest BCUT2D eigenvalue weighted by Gasteiger charge is -2.29. The molecule has 2 aliphatic heterocycles. The van der Waals surface area contributed by atoms with Crippen LogP contribution in [0.4, 0.5) is 0 Å². The van der Waals surface area contributed by atoms with Crippen LogP contribution in [0, 0.1) is 0 Å². The Morgan fingerprint density at radius 2 is 2.14 bits per heavy atom. The van der Waals surface area contributed by atoms with Crippen LogP contribution in [0.2, 0.25) is 5.02 Å².